The molecule has 0 unspecified atom stereocenters. The van der Waals surface area contributed by atoms with E-state index in [0.29, 0.717) is 31.9 Å². The van der Waals surface area contributed by atoms with Crippen LogP contribution >= 0.6 is 23.0 Å². The van der Waals surface area contributed by atoms with Crippen LogP contribution in [0.1, 0.15) is 12.0 Å². The van der Waals surface area contributed by atoms with Crippen molar-refractivity contribution in [2.75, 3.05) is 31.1 Å². The van der Waals surface area contributed by atoms with E-state index in [1.807, 2.05) is 4.90 Å². The van der Waals surface area contributed by atoms with Crippen LogP contribution in [-0.2, 0) is 18.8 Å². The molecule has 23 heavy (non-hydrogen) atoms. The van der Waals surface area contributed by atoms with Crippen molar-refractivity contribution in [3.8, 4) is 0 Å². The molecular weight excluding hydrogens is 428 g/mol. The van der Waals surface area contributed by atoms with Crippen LogP contribution in [0.4, 0.5) is 18.9 Å². The third-order valence-corrected chi connectivity index (χ3v) is 4.06. The first-order valence-corrected chi connectivity index (χ1v) is 7.71. The van der Waals surface area contributed by atoms with Gasteiger partial charge in [0.05, 0.1) is 5.56 Å². The van der Waals surface area contributed by atoms with E-state index < -0.39 is 17.7 Å². The van der Waals surface area contributed by atoms with Crippen LogP contribution in [0.15, 0.2) is 24.3 Å². The number of rotatable bonds is 3. The number of halogens is 4. The summed E-state index contributed by atoms with van der Waals surface area (Å²) in [7, 11) is 0. The van der Waals surface area contributed by atoms with Gasteiger partial charge in [0, 0.05) is 31.9 Å². The van der Waals surface area contributed by atoms with Gasteiger partial charge in [-0.2, -0.15) is 13.2 Å². The van der Waals surface area contributed by atoms with Gasteiger partial charge < -0.3 is 12.9 Å². The van der Waals surface area contributed by atoms with Gasteiger partial charge in [-0.1, -0.05) is 0 Å². The summed E-state index contributed by atoms with van der Waals surface area (Å²) >= 11 is 1.43. The van der Waals surface area contributed by atoms with Gasteiger partial charge >= 0.3 is 12.1 Å². The third-order valence-electron chi connectivity index (χ3n) is 3.57. The number of carbonyl (C=O) groups excluding carboxylic acids is 2. The molecule has 1 aliphatic heterocycles. The van der Waals surface area contributed by atoms with Gasteiger partial charge in [0.1, 0.15) is 6.42 Å². The summed E-state index contributed by atoms with van der Waals surface area (Å²) in [5, 5.41) is 0. The first kappa shape index (κ1) is 17.8. The summed E-state index contributed by atoms with van der Waals surface area (Å²) in [4.78, 5) is 26.4. The SMILES string of the molecule is O=C(CC(=O)N1CCN(c2ccc(C(F)(F)F)cc2)CC1)OI. The molecular formula is C14H14F3IN2O3. The molecule has 0 N–H and O–H groups in total. The Morgan fingerprint density at radius 2 is 1.65 bits per heavy atom. The summed E-state index contributed by atoms with van der Waals surface area (Å²) in [5.74, 6) is -0.903. The molecule has 9 heteroatoms. The van der Waals surface area contributed by atoms with Crippen molar-refractivity contribution < 1.29 is 25.8 Å². The Morgan fingerprint density at radius 1 is 1.09 bits per heavy atom. The molecule has 0 bridgehead atoms. The zero-order valence-electron chi connectivity index (χ0n) is 12.0. The number of anilines is 1. The topological polar surface area (TPSA) is 49.9 Å². The first-order chi connectivity index (χ1) is 10.8. The molecule has 1 aliphatic rings. The Hall–Kier alpha value is -1.52. The maximum atomic E-state index is 12.5. The zero-order valence-corrected chi connectivity index (χ0v) is 14.1. The first-order valence-electron chi connectivity index (χ1n) is 6.82. The third kappa shape index (κ3) is 4.72. The quantitative estimate of drug-likeness (QED) is 0.534. The fourth-order valence-corrected chi connectivity index (χ4v) is 2.49. The molecule has 1 heterocycles. The highest BCUT2D eigenvalue weighted by atomic mass is 127. The van der Waals surface area contributed by atoms with Crippen LogP contribution < -0.4 is 4.90 Å². The van der Waals surface area contributed by atoms with Gasteiger partial charge in [-0.3, -0.25) is 9.59 Å². The molecule has 0 radical (unpaired) electrons. The van der Waals surface area contributed by atoms with Crippen molar-refractivity contribution in [3.05, 3.63) is 29.8 Å². The average Bonchev–Trinajstić information content (AvgIpc) is 2.54. The Kier molecular flexibility index (Phi) is 5.71. The molecule has 2 rings (SSSR count). The number of nitrogens with zero attached hydrogens (tertiary/aromatic N) is 2. The van der Waals surface area contributed by atoms with Crippen LogP contribution in [0.2, 0.25) is 0 Å². The van der Waals surface area contributed by atoms with E-state index >= 15 is 0 Å². The predicted octanol–water partition coefficient (Wildman–Crippen LogP) is 2.64. The Morgan fingerprint density at radius 3 is 2.13 bits per heavy atom. The van der Waals surface area contributed by atoms with Crippen molar-refractivity contribution in [3.63, 3.8) is 0 Å². The second-order valence-corrected chi connectivity index (χ2v) is 5.48. The molecule has 1 amide bonds. The van der Waals surface area contributed by atoms with E-state index in [0.717, 1.165) is 12.1 Å². The van der Waals surface area contributed by atoms with E-state index in [2.05, 4.69) is 3.07 Å². The van der Waals surface area contributed by atoms with Crippen molar-refractivity contribution in [1.82, 2.24) is 4.90 Å². The minimum Gasteiger partial charge on any atom is -0.394 e. The number of benzene rings is 1. The fraction of sp³-hybridized carbons (Fsp3) is 0.429. The smallest absolute Gasteiger partial charge is 0.394 e. The van der Waals surface area contributed by atoms with E-state index in [1.165, 1.54) is 35.1 Å². The fourth-order valence-electron chi connectivity index (χ4n) is 2.34. The van der Waals surface area contributed by atoms with Gasteiger partial charge in [0.15, 0.2) is 23.0 Å². The normalized spacial score (nSPS) is 15.5. The maximum Gasteiger partial charge on any atom is 0.416 e. The summed E-state index contributed by atoms with van der Waals surface area (Å²) in [5.41, 5.74) is -0.0101. The number of piperazine rings is 1. The van der Waals surface area contributed by atoms with E-state index in [-0.39, 0.29) is 12.3 Å². The molecule has 1 saturated heterocycles. The molecule has 1 aromatic rings. The number of hydrogen-bond donors (Lipinski definition) is 0. The Balaban J connectivity index is 1.91. The summed E-state index contributed by atoms with van der Waals surface area (Å²) in [6.07, 6.45) is -4.65. The highest BCUT2D eigenvalue weighted by Crippen LogP contribution is 2.30. The molecule has 0 aromatic heterocycles. The van der Waals surface area contributed by atoms with Crippen LogP contribution in [0.5, 0.6) is 0 Å². The van der Waals surface area contributed by atoms with Gasteiger partial charge in [0.2, 0.25) is 5.91 Å². The molecule has 0 atom stereocenters. The van der Waals surface area contributed by atoms with Gasteiger partial charge in [-0.15, -0.1) is 0 Å². The largest absolute Gasteiger partial charge is 0.416 e. The molecule has 0 saturated carbocycles. The second kappa shape index (κ2) is 7.37. The van der Waals surface area contributed by atoms with E-state index in [1.54, 1.807) is 4.90 Å². The van der Waals surface area contributed by atoms with Gasteiger partial charge in [0.25, 0.3) is 0 Å². The predicted molar refractivity (Wildman–Crippen MR) is 85.0 cm³/mol. The lowest BCUT2D eigenvalue weighted by Crippen LogP contribution is -2.49. The van der Waals surface area contributed by atoms with Crippen LogP contribution in [0.3, 0.4) is 0 Å². The number of amides is 1. The van der Waals surface area contributed by atoms with Crippen molar-refractivity contribution in [2.45, 2.75) is 12.6 Å². The van der Waals surface area contributed by atoms with Gasteiger partial charge in [-0.25, -0.2) is 0 Å². The second-order valence-electron chi connectivity index (χ2n) is 5.04. The Labute approximate surface area is 145 Å². The number of hydrogen-bond acceptors (Lipinski definition) is 4. The minimum atomic E-state index is -4.35. The van der Waals surface area contributed by atoms with E-state index in [4.69, 9.17) is 0 Å². The van der Waals surface area contributed by atoms with Gasteiger partial charge in [-0.05, 0) is 24.3 Å². The summed E-state index contributed by atoms with van der Waals surface area (Å²) in [6, 6.07) is 4.94. The van der Waals surface area contributed by atoms with E-state index in [9.17, 15) is 22.8 Å². The molecule has 1 aromatic carbocycles. The minimum absolute atomic E-state index is 0.302. The molecule has 0 spiro atoms. The number of carbonyl (C=O) groups is 2. The maximum absolute atomic E-state index is 12.5. The average molecular weight is 442 g/mol. The van der Waals surface area contributed by atoms with Crippen molar-refractivity contribution >= 4 is 40.6 Å². The lowest BCUT2D eigenvalue weighted by atomic mass is 10.1. The zero-order chi connectivity index (χ0) is 17.0. The molecule has 1 fully saturated rings. The standard InChI is InChI=1S/C14H14F3IN2O3/c15-14(16,17)10-1-3-11(4-2-10)19-5-7-20(8-6-19)12(21)9-13(22)23-18/h1-4H,5-9H2. The highest BCUT2D eigenvalue weighted by Gasteiger charge is 2.30. The van der Waals surface area contributed by atoms with Crippen molar-refractivity contribution in [2.24, 2.45) is 0 Å². The van der Waals surface area contributed by atoms with Crippen LogP contribution in [-0.4, -0.2) is 43.0 Å². The molecule has 5 nitrogen and oxygen atoms in total. The summed E-state index contributed by atoms with van der Waals surface area (Å²) < 4.78 is 42.0. The summed E-state index contributed by atoms with van der Waals surface area (Å²) in [6.45, 7) is 1.82. The van der Waals surface area contributed by atoms with Crippen LogP contribution in [0, 0.1) is 0 Å². The number of alkyl halides is 3. The molecule has 126 valence electrons. The lowest BCUT2D eigenvalue weighted by molar-refractivity contribution is -0.141. The highest BCUT2D eigenvalue weighted by molar-refractivity contribution is 14.1. The van der Waals surface area contributed by atoms with Crippen LogP contribution in [0.25, 0.3) is 0 Å². The molecule has 0 aliphatic carbocycles. The Bertz CT molecular complexity index is 570. The van der Waals surface area contributed by atoms with Crippen molar-refractivity contribution in [1.29, 1.82) is 0 Å². The monoisotopic (exact) mass is 442 g/mol. The lowest BCUT2D eigenvalue weighted by Gasteiger charge is -2.36.